The summed E-state index contributed by atoms with van der Waals surface area (Å²) in [5.41, 5.74) is 0.681. The highest BCUT2D eigenvalue weighted by Crippen LogP contribution is 2.34. The van der Waals surface area contributed by atoms with Crippen LogP contribution in [-0.4, -0.2) is 23.4 Å². The fourth-order valence-corrected chi connectivity index (χ4v) is 2.76. The van der Waals surface area contributed by atoms with Crippen LogP contribution >= 0.6 is 0 Å². The van der Waals surface area contributed by atoms with Crippen molar-refractivity contribution in [3.05, 3.63) is 42.2 Å². The number of hydrogen-bond donors (Lipinski definition) is 1. The summed E-state index contributed by atoms with van der Waals surface area (Å²) in [6.45, 7) is 0.135. The van der Waals surface area contributed by atoms with Crippen LogP contribution in [0.5, 0.6) is 0 Å². The number of nitrogens with one attached hydrogen (secondary N) is 1. The Labute approximate surface area is 116 Å². The first-order chi connectivity index (χ1) is 9.66. The van der Waals surface area contributed by atoms with Gasteiger partial charge >= 0.3 is 0 Å². The monoisotopic (exact) mass is 274 g/mol. The van der Waals surface area contributed by atoms with Crippen molar-refractivity contribution in [2.45, 2.75) is 12.8 Å². The lowest BCUT2D eigenvalue weighted by molar-refractivity contribution is -0.139. The molecule has 0 radical (unpaired) electrons. The van der Waals surface area contributed by atoms with Crippen LogP contribution in [-0.2, 0) is 9.59 Å². The third-order valence-electron chi connectivity index (χ3n) is 3.88. The van der Waals surface area contributed by atoms with E-state index < -0.39 is 0 Å². The average molecular weight is 274 g/mol. The Morgan fingerprint density at radius 2 is 1.60 bits per heavy atom. The molecule has 1 heterocycles. The largest absolute Gasteiger partial charge is 0.367 e. The summed E-state index contributed by atoms with van der Waals surface area (Å²) in [6.07, 6.45) is 5.21. The number of imide groups is 1. The molecule has 1 N–H and O–H groups in total. The van der Waals surface area contributed by atoms with Gasteiger partial charge in [0.2, 0.25) is 11.8 Å². The van der Waals surface area contributed by atoms with Crippen LogP contribution in [0, 0.1) is 17.7 Å². The highest BCUT2D eigenvalue weighted by molar-refractivity contribution is 6.05. The number of fused-ring (bicyclic) bond motifs is 1. The number of amides is 2. The highest BCUT2D eigenvalue weighted by atomic mass is 19.1. The van der Waals surface area contributed by atoms with E-state index in [1.165, 1.54) is 17.0 Å². The molecule has 0 unspecified atom stereocenters. The predicted molar refractivity (Wildman–Crippen MR) is 72.1 cm³/mol. The number of carbonyl (C=O) groups excluding carboxylic acids is 2. The number of carbonyl (C=O) groups is 2. The van der Waals surface area contributed by atoms with Crippen molar-refractivity contribution in [3.63, 3.8) is 0 Å². The number of rotatable bonds is 3. The Morgan fingerprint density at radius 3 is 2.15 bits per heavy atom. The maximum Gasteiger partial charge on any atom is 0.234 e. The van der Waals surface area contributed by atoms with Crippen LogP contribution in [0.4, 0.5) is 10.1 Å². The van der Waals surface area contributed by atoms with Gasteiger partial charge in [0.1, 0.15) is 5.82 Å². The molecule has 0 bridgehead atoms. The van der Waals surface area contributed by atoms with Gasteiger partial charge in [-0.2, -0.15) is 0 Å². The maximum atomic E-state index is 12.8. The van der Waals surface area contributed by atoms with E-state index in [0.29, 0.717) is 18.5 Å². The number of likely N-dealkylation sites (tertiary alicyclic amines) is 1. The number of benzene rings is 1. The quantitative estimate of drug-likeness (QED) is 0.678. The highest BCUT2D eigenvalue weighted by Gasteiger charge is 2.46. The fraction of sp³-hybridized carbons (Fsp3) is 0.333. The summed E-state index contributed by atoms with van der Waals surface area (Å²) in [5.74, 6) is -0.955. The summed E-state index contributed by atoms with van der Waals surface area (Å²) < 4.78 is 12.8. The average Bonchev–Trinajstić information content (AvgIpc) is 2.71. The molecule has 3 rings (SSSR count). The van der Waals surface area contributed by atoms with Gasteiger partial charge < -0.3 is 5.32 Å². The molecule has 1 aromatic carbocycles. The van der Waals surface area contributed by atoms with Crippen molar-refractivity contribution in [2.75, 3.05) is 12.0 Å². The number of hydrogen-bond acceptors (Lipinski definition) is 3. The van der Waals surface area contributed by atoms with Gasteiger partial charge in [0.05, 0.1) is 18.5 Å². The minimum atomic E-state index is -0.319. The van der Waals surface area contributed by atoms with Crippen molar-refractivity contribution < 1.29 is 14.0 Å². The van der Waals surface area contributed by atoms with Gasteiger partial charge in [0.25, 0.3) is 0 Å². The summed E-state index contributed by atoms with van der Waals surface area (Å²) in [7, 11) is 0. The van der Waals surface area contributed by atoms with E-state index in [-0.39, 0.29) is 36.1 Å². The SMILES string of the molecule is O=C1[C@H]2CC=CC[C@H]2C(=O)N1CNc1ccc(F)cc1. The second-order valence-corrected chi connectivity index (χ2v) is 5.10. The van der Waals surface area contributed by atoms with Crippen molar-refractivity contribution >= 4 is 17.5 Å². The molecule has 0 spiro atoms. The topological polar surface area (TPSA) is 49.4 Å². The molecule has 1 saturated heterocycles. The zero-order valence-electron chi connectivity index (χ0n) is 10.9. The maximum absolute atomic E-state index is 12.8. The number of halogens is 1. The van der Waals surface area contributed by atoms with E-state index >= 15 is 0 Å². The standard InChI is InChI=1S/C15H15FN2O2/c16-10-5-7-11(8-6-10)17-9-18-14(19)12-3-1-2-4-13(12)15(18)20/h1-2,5-8,12-13,17H,3-4,9H2/t12-,13+. The molecule has 0 saturated carbocycles. The molecule has 2 amide bonds. The van der Waals surface area contributed by atoms with Gasteiger partial charge in [-0.15, -0.1) is 0 Å². The van der Waals surface area contributed by atoms with Crippen LogP contribution < -0.4 is 5.32 Å². The van der Waals surface area contributed by atoms with Crippen LogP contribution in [0.3, 0.4) is 0 Å². The van der Waals surface area contributed by atoms with Crippen LogP contribution in [0.2, 0.25) is 0 Å². The van der Waals surface area contributed by atoms with Gasteiger partial charge in [-0.3, -0.25) is 14.5 Å². The molecule has 20 heavy (non-hydrogen) atoms. The van der Waals surface area contributed by atoms with Crippen molar-refractivity contribution in [1.82, 2.24) is 4.90 Å². The van der Waals surface area contributed by atoms with Crippen LogP contribution in [0.1, 0.15) is 12.8 Å². The second kappa shape index (κ2) is 5.07. The minimum Gasteiger partial charge on any atom is -0.367 e. The minimum absolute atomic E-state index is 0.112. The molecule has 0 aromatic heterocycles. The molecule has 1 aliphatic carbocycles. The van der Waals surface area contributed by atoms with E-state index in [1.54, 1.807) is 12.1 Å². The van der Waals surface area contributed by atoms with Gasteiger partial charge in [-0.1, -0.05) is 12.2 Å². The Balaban J connectivity index is 1.67. The Kier molecular flexibility index (Phi) is 3.26. The summed E-state index contributed by atoms with van der Waals surface area (Å²) >= 11 is 0. The molecule has 104 valence electrons. The molecule has 2 aliphatic rings. The molecule has 1 fully saturated rings. The molecular formula is C15H15FN2O2. The van der Waals surface area contributed by atoms with Crippen LogP contribution in [0.15, 0.2) is 36.4 Å². The predicted octanol–water partition coefficient (Wildman–Crippen LogP) is 2.15. The normalized spacial score (nSPS) is 24.9. The van der Waals surface area contributed by atoms with E-state index in [1.807, 2.05) is 12.2 Å². The lowest BCUT2D eigenvalue weighted by Gasteiger charge is -2.16. The molecule has 4 nitrogen and oxygen atoms in total. The first kappa shape index (κ1) is 12.8. The lowest BCUT2D eigenvalue weighted by Crippen LogP contribution is -2.35. The Morgan fingerprint density at radius 1 is 1.05 bits per heavy atom. The van der Waals surface area contributed by atoms with Crippen molar-refractivity contribution in [1.29, 1.82) is 0 Å². The zero-order chi connectivity index (χ0) is 14.1. The van der Waals surface area contributed by atoms with Gasteiger partial charge in [0.15, 0.2) is 0 Å². The smallest absolute Gasteiger partial charge is 0.234 e. The van der Waals surface area contributed by atoms with Crippen molar-refractivity contribution in [3.8, 4) is 0 Å². The number of nitrogens with zero attached hydrogens (tertiary/aromatic N) is 1. The number of allylic oxidation sites excluding steroid dienone is 2. The van der Waals surface area contributed by atoms with E-state index in [2.05, 4.69) is 5.32 Å². The summed E-state index contributed by atoms with van der Waals surface area (Å²) in [4.78, 5) is 25.7. The van der Waals surface area contributed by atoms with Crippen LogP contribution in [0.25, 0.3) is 0 Å². The first-order valence-corrected chi connectivity index (χ1v) is 6.66. The number of anilines is 1. The van der Waals surface area contributed by atoms with E-state index in [0.717, 1.165) is 0 Å². The molecule has 2 atom stereocenters. The fourth-order valence-electron chi connectivity index (χ4n) is 2.76. The summed E-state index contributed by atoms with van der Waals surface area (Å²) in [6, 6.07) is 5.82. The lowest BCUT2D eigenvalue weighted by atomic mass is 9.85. The summed E-state index contributed by atoms with van der Waals surface area (Å²) in [5, 5.41) is 2.98. The van der Waals surface area contributed by atoms with Crippen molar-refractivity contribution in [2.24, 2.45) is 11.8 Å². The molecular weight excluding hydrogens is 259 g/mol. The zero-order valence-corrected chi connectivity index (χ0v) is 10.9. The first-order valence-electron chi connectivity index (χ1n) is 6.66. The third-order valence-corrected chi connectivity index (χ3v) is 3.88. The molecule has 5 heteroatoms. The van der Waals surface area contributed by atoms with Gasteiger partial charge in [0, 0.05) is 5.69 Å². The van der Waals surface area contributed by atoms with Gasteiger partial charge in [-0.05, 0) is 37.1 Å². The Hall–Kier alpha value is -2.17. The third kappa shape index (κ3) is 2.19. The second-order valence-electron chi connectivity index (χ2n) is 5.10. The molecule has 1 aromatic rings. The Bertz CT molecular complexity index is 542. The van der Waals surface area contributed by atoms with Gasteiger partial charge in [-0.25, -0.2) is 4.39 Å². The molecule has 1 aliphatic heterocycles. The van der Waals surface area contributed by atoms with E-state index in [4.69, 9.17) is 0 Å². The van der Waals surface area contributed by atoms with E-state index in [9.17, 15) is 14.0 Å².